The van der Waals surface area contributed by atoms with E-state index >= 15 is 0 Å². The summed E-state index contributed by atoms with van der Waals surface area (Å²) in [7, 11) is -0.892. The molecule has 0 bridgehead atoms. The van der Waals surface area contributed by atoms with Gasteiger partial charge in [-0.3, -0.25) is 9.69 Å². The molecule has 202 valence electrons. The number of thiazole rings is 1. The van der Waals surface area contributed by atoms with E-state index in [-0.39, 0.29) is 28.8 Å². The fraction of sp³-hybridized carbons (Fsp3) is 0.214. The molecule has 0 amide bonds. The number of hydrogen-bond donors (Lipinski definition) is 0. The molecule has 1 aliphatic rings. The molecular formula is C28H26ClN3O5S2. The molecule has 2 heterocycles. The second-order valence-corrected chi connectivity index (χ2v) is 12.2. The fourth-order valence-corrected chi connectivity index (χ4v) is 7.28. The molecule has 0 radical (unpaired) electrons. The molecule has 3 aromatic carbocycles. The van der Waals surface area contributed by atoms with E-state index in [1.807, 2.05) is 41.3 Å². The van der Waals surface area contributed by atoms with Gasteiger partial charge in [0.15, 0.2) is 10.9 Å². The Kier molecular flexibility index (Phi) is 7.90. The summed E-state index contributed by atoms with van der Waals surface area (Å²) in [5.74, 6) is 1.28. The van der Waals surface area contributed by atoms with Crippen molar-refractivity contribution in [1.29, 1.82) is 0 Å². The molecule has 0 fully saturated rings. The number of sulfonamides is 1. The zero-order valence-corrected chi connectivity index (χ0v) is 23.7. The lowest BCUT2D eigenvalue weighted by atomic mass is 9.98. The predicted octanol–water partition coefficient (Wildman–Crippen LogP) is 5.41. The lowest BCUT2D eigenvalue weighted by Gasteiger charge is -2.29. The van der Waals surface area contributed by atoms with E-state index in [0.717, 1.165) is 16.9 Å². The maximum absolute atomic E-state index is 14.0. The second kappa shape index (κ2) is 11.4. The number of aromatic nitrogens is 1. The minimum absolute atomic E-state index is 0.00839. The molecule has 1 aromatic heterocycles. The lowest BCUT2D eigenvalue weighted by Crippen LogP contribution is -2.35. The van der Waals surface area contributed by atoms with E-state index < -0.39 is 10.0 Å². The molecular weight excluding hydrogens is 558 g/mol. The van der Waals surface area contributed by atoms with E-state index in [1.54, 1.807) is 44.0 Å². The second-order valence-electron chi connectivity index (χ2n) is 9.03. The summed E-state index contributed by atoms with van der Waals surface area (Å²) in [5, 5.41) is 2.18. The molecule has 0 spiro atoms. The molecule has 0 N–H and O–H groups in total. The first kappa shape index (κ1) is 27.1. The molecule has 0 saturated carbocycles. The van der Waals surface area contributed by atoms with Crippen molar-refractivity contribution < 1.29 is 22.7 Å². The third kappa shape index (κ3) is 5.79. The third-order valence-corrected chi connectivity index (χ3v) is 9.38. The number of anilines is 1. The highest BCUT2D eigenvalue weighted by Crippen LogP contribution is 2.34. The summed E-state index contributed by atoms with van der Waals surface area (Å²) >= 11 is 7.77. The van der Waals surface area contributed by atoms with E-state index in [4.69, 9.17) is 21.1 Å². The maximum atomic E-state index is 14.0. The number of fused-ring (bicyclic) bond motifs is 1. The van der Waals surface area contributed by atoms with Crippen LogP contribution in [0.5, 0.6) is 11.5 Å². The number of benzene rings is 3. The first-order valence-electron chi connectivity index (χ1n) is 12.0. The van der Waals surface area contributed by atoms with Crippen LogP contribution in [0.1, 0.15) is 27.0 Å². The average molecular weight is 584 g/mol. The number of hydrogen-bond acceptors (Lipinski definition) is 8. The summed E-state index contributed by atoms with van der Waals surface area (Å²) in [5.41, 5.74) is 2.72. The van der Waals surface area contributed by atoms with Gasteiger partial charge in [-0.2, -0.15) is 0 Å². The number of Topliss-reactive ketones (excluding diaryl/α,β-unsaturated/α-hetero) is 1. The standard InChI is InChI=1S/C28H26ClN3O5S2/c1-36-22-7-3-19(4-8-22)15-31-17-21-13-24(14-25(29)27(21)26(33)18-31)39(34,35)32(28-30-11-12-38-28)16-20-5-9-23(37-2)10-6-20/h3-14H,15-18H2,1-2H3. The molecule has 5 rings (SSSR count). The van der Waals surface area contributed by atoms with Crippen LogP contribution in [0.4, 0.5) is 5.13 Å². The van der Waals surface area contributed by atoms with Crippen LogP contribution in [0, 0.1) is 0 Å². The van der Waals surface area contributed by atoms with Crippen LogP contribution in [0.15, 0.2) is 77.1 Å². The summed E-state index contributed by atoms with van der Waals surface area (Å²) in [6, 6.07) is 17.7. The Morgan fingerprint density at radius 1 is 0.974 bits per heavy atom. The molecule has 1 aliphatic heterocycles. The SMILES string of the molecule is COc1ccc(CN2CC(=O)c3c(Cl)cc(S(=O)(=O)N(Cc4ccc(OC)cc4)c4nccs4)cc3C2)cc1. The van der Waals surface area contributed by atoms with Gasteiger partial charge in [-0.05, 0) is 53.1 Å². The van der Waals surface area contributed by atoms with Crippen LogP contribution < -0.4 is 13.8 Å². The van der Waals surface area contributed by atoms with Gasteiger partial charge in [-0.1, -0.05) is 35.9 Å². The van der Waals surface area contributed by atoms with E-state index in [9.17, 15) is 13.2 Å². The summed E-state index contributed by atoms with van der Waals surface area (Å²) in [6.07, 6.45) is 1.56. The number of ether oxygens (including phenoxy) is 2. The number of carbonyl (C=O) groups excluding carboxylic acids is 1. The van der Waals surface area contributed by atoms with Crippen LogP contribution in [0.25, 0.3) is 0 Å². The van der Waals surface area contributed by atoms with Crippen molar-refractivity contribution >= 4 is 43.9 Å². The van der Waals surface area contributed by atoms with Crippen LogP contribution >= 0.6 is 22.9 Å². The number of ketones is 1. The van der Waals surface area contributed by atoms with Gasteiger partial charge >= 0.3 is 0 Å². The normalized spacial score (nSPS) is 13.7. The highest BCUT2D eigenvalue weighted by Gasteiger charge is 2.32. The number of rotatable bonds is 9. The molecule has 0 unspecified atom stereocenters. The van der Waals surface area contributed by atoms with Gasteiger partial charge in [-0.15, -0.1) is 11.3 Å². The van der Waals surface area contributed by atoms with Gasteiger partial charge in [-0.25, -0.2) is 17.7 Å². The topological polar surface area (TPSA) is 89.0 Å². The highest BCUT2D eigenvalue weighted by atomic mass is 35.5. The highest BCUT2D eigenvalue weighted by molar-refractivity contribution is 7.93. The zero-order chi connectivity index (χ0) is 27.6. The van der Waals surface area contributed by atoms with E-state index in [1.165, 1.54) is 21.7 Å². The quantitative estimate of drug-likeness (QED) is 0.260. The van der Waals surface area contributed by atoms with Crippen LogP contribution in [0.3, 0.4) is 0 Å². The van der Waals surface area contributed by atoms with Crippen molar-refractivity contribution in [2.75, 3.05) is 25.1 Å². The largest absolute Gasteiger partial charge is 0.497 e. The van der Waals surface area contributed by atoms with Gasteiger partial charge in [0, 0.05) is 30.2 Å². The molecule has 0 atom stereocenters. The number of halogens is 1. The van der Waals surface area contributed by atoms with Crippen LogP contribution in [0.2, 0.25) is 5.02 Å². The monoisotopic (exact) mass is 583 g/mol. The summed E-state index contributed by atoms with van der Waals surface area (Å²) in [4.78, 5) is 19.3. The van der Waals surface area contributed by atoms with Gasteiger partial charge in [0.05, 0.1) is 37.2 Å². The Balaban J connectivity index is 1.46. The average Bonchev–Trinajstić information content (AvgIpc) is 3.46. The van der Waals surface area contributed by atoms with Crippen LogP contribution in [-0.4, -0.2) is 44.8 Å². The third-order valence-electron chi connectivity index (χ3n) is 6.46. The minimum Gasteiger partial charge on any atom is -0.497 e. The lowest BCUT2D eigenvalue weighted by molar-refractivity contribution is 0.0894. The molecule has 4 aromatic rings. The smallest absolute Gasteiger partial charge is 0.266 e. The van der Waals surface area contributed by atoms with E-state index in [2.05, 4.69) is 4.98 Å². The molecule has 0 aliphatic carbocycles. The Labute approximate surface area is 236 Å². The molecule has 11 heteroatoms. The Bertz CT molecular complexity index is 1570. The van der Waals surface area contributed by atoms with Crippen molar-refractivity contribution in [2.45, 2.75) is 24.5 Å². The van der Waals surface area contributed by atoms with Gasteiger partial charge in [0.2, 0.25) is 0 Å². The van der Waals surface area contributed by atoms with Crippen molar-refractivity contribution in [3.05, 3.63) is 99.5 Å². The number of carbonyl (C=O) groups is 1. The predicted molar refractivity (Wildman–Crippen MR) is 151 cm³/mol. The van der Waals surface area contributed by atoms with Gasteiger partial charge in [0.1, 0.15) is 11.5 Å². The van der Waals surface area contributed by atoms with E-state index in [0.29, 0.717) is 35.1 Å². The Hall–Kier alpha value is -3.44. The number of methoxy groups -OCH3 is 2. The minimum atomic E-state index is -4.07. The van der Waals surface area contributed by atoms with Crippen molar-refractivity contribution in [1.82, 2.24) is 9.88 Å². The molecule has 39 heavy (non-hydrogen) atoms. The van der Waals surface area contributed by atoms with Gasteiger partial charge < -0.3 is 9.47 Å². The fourth-order valence-electron chi connectivity index (χ4n) is 4.52. The Morgan fingerprint density at radius 2 is 1.62 bits per heavy atom. The molecule has 0 saturated heterocycles. The maximum Gasteiger partial charge on any atom is 0.266 e. The molecule has 8 nitrogen and oxygen atoms in total. The zero-order valence-electron chi connectivity index (χ0n) is 21.3. The first-order valence-corrected chi connectivity index (χ1v) is 14.7. The van der Waals surface area contributed by atoms with Crippen molar-refractivity contribution in [2.24, 2.45) is 0 Å². The van der Waals surface area contributed by atoms with Crippen LogP contribution in [-0.2, 0) is 29.7 Å². The number of nitrogens with zero attached hydrogens (tertiary/aromatic N) is 3. The van der Waals surface area contributed by atoms with Gasteiger partial charge in [0.25, 0.3) is 10.0 Å². The summed E-state index contributed by atoms with van der Waals surface area (Å²) in [6.45, 7) is 1.16. The van der Waals surface area contributed by atoms with Crippen molar-refractivity contribution in [3.63, 3.8) is 0 Å². The van der Waals surface area contributed by atoms with Crippen molar-refractivity contribution in [3.8, 4) is 11.5 Å². The first-order chi connectivity index (χ1) is 18.8. The Morgan fingerprint density at radius 3 is 2.21 bits per heavy atom. The summed E-state index contributed by atoms with van der Waals surface area (Å²) < 4.78 is 39.7.